The number of nitrogen functional groups attached to an aromatic ring is 1. The van der Waals surface area contributed by atoms with Gasteiger partial charge in [0.1, 0.15) is 5.82 Å². The number of nitrogens with zero attached hydrogens (tertiary/aromatic N) is 1. The molecule has 0 bridgehead atoms. The second-order valence-corrected chi connectivity index (χ2v) is 5.04. The van der Waals surface area contributed by atoms with Gasteiger partial charge in [0.15, 0.2) is 0 Å². The highest BCUT2D eigenvalue weighted by Gasteiger charge is 2.20. The minimum atomic E-state index is -0.112. The maximum Gasteiger partial charge on any atom is 0.126 e. The SMILES string of the molecule is Nc1cccc2c1CN(CCc1ccccc1F)C2. The molecule has 2 nitrogen and oxygen atoms in total. The van der Waals surface area contributed by atoms with Gasteiger partial charge < -0.3 is 5.73 Å². The summed E-state index contributed by atoms with van der Waals surface area (Å²) in [5, 5.41) is 0. The summed E-state index contributed by atoms with van der Waals surface area (Å²) < 4.78 is 13.6. The molecule has 0 fully saturated rings. The molecule has 0 saturated heterocycles. The topological polar surface area (TPSA) is 29.3 Å². The second kappa shape index (κ2) is 5.02. The van der Waals surface area contributed by atoms with Crippen molar-refractivity contribution >= 4 is 5.69 Å². The predicted octanol–water partition coefficient (Wildman–Crippen LogP) is 2.97. The Labute approximate surface area is 112 Å². The molecule has 1 aliphatic heterocycles. The Hall–Kier alpha value is -1.87. The molecule has 0 saturated carbocycles. The maximum atomic E-state index is 13.6. The average Bonchev–Trinajstić information content (AvgIpc) is 2.82. The van der Waals surface area contributed by atoms with Crippen LogP contribution < -0.4 is 5.73 Å². The Morgan fingerprint density at radius 1 is 1.05 bits per heavy atom. The summed E-state index contributed by atoms with van der Waals surface area (Å²) in [5.41, 5.74) is 10.2. The zero-order chi connectivity index (χ0) is 13.2. The van der Waals surface area contributed by atoms with E-state index in [-0.39, 0.29) is 5.82 Å². The fourth-order valence-corrected chi connectivity index (χ4v) is 2.65. The number of nitrogens with two attached hydrogens (primary N) is 1. The first-order valence-corrected chi connectivity index (χ1v) is 6.56. The lowest BCUT2D eigenvalue weighted by Gasteiger charge is -2.14. The van der Waals surface area contributed by atoms with Gasteiger partial charge >= 0.3 is 0 Å². The van der Waals surface area contributed by atoms with Crippen molar-refractivity contribution in [2.24, 2.45) is 0 Å². The summed E-state index contributed by atoms with van der Waals surface area (Å²) in [5.74, 6) is -0.112. The van der Waals surface area contributed by atoms with Crippen molar-refractivity contribution in [2.75, 3.05) is 12.3 Å². The van der Waals surface area contributed by atoms with E-state index in [1.165, 1.54) is 17.2 Å². The van der Waals surface area contributed by atoms with Gasteiger partial charge in [-0.3, -0.25) is 4.90 Å². The molecule has 98 valence electrons. The van der Waals surface area contributed by atoms with Gasteiger partial charge in [-0.1, -0.05) is 30.3 Å². The van der Waals surface area contributed by atoms with Gasteiger partial charge in [0, 0.05) is 25.3 Å². The van der Waals surface area contributed by atoms with Gasteiger partial charge in [0.25, 0.3) is 0 Å². The first kappa shape index (κ1) is 12.2. The molecule has 2 N–H and O–H groups in total. The molecular formula is C16H17FN2. The van der Waals surface area contributed by atoms with Crippen LogP contribution in [0.2, 0.25) is 0 Å². The Balaban J connectivity index is 1.65. The van der Waals surface area contributed by atoms with E-state index in [4.69, 9.17) is 5.73 Å². The summed E-state index contributed by atoms with van der Waals surface area (Å²) in [4.78, 5) is 2.31. The van der Waals surface area contributed by atoms with E-state index < -0.39 is 0 Å². The predicted molar refractivity (Wildman–Crippen MR) is 75.1 cm³/mol. The molecule has 0 unspecified atom stereocenters. The molecule has 0 atom stereocenters. The highest BCUT2D eigenvalue weighted by atomic mass is 19.1. The van der Waals surface area contributed by atoms with Crippen LogP contribution in [0, 0.1) is 5.82 Å². The van der Waals surface area contributed by atoms with E-state index in [1.807, 2.05) is 24.3 Å². The second-order valence-electron chi connectivity index (χ2n) is 5.04. The molecule has 3 heteroatoms. The quantitative estimate of drug-likeness (QED) is 0.855. The van der Waals surface area contributed by atoms with E-state index in [1.54, 1.807) is 6.07 Å². The van der Waals surface area contributed by atoms with Crippen LogP contribution >= 0.6 is 0 Å². The van der Waals surface area contributed by atoms with Crippen molar-refractivity contribution in [1.29, 1.82) is 0 Å². The molecule has 1 aliphatic rings. The van der Waals surface area contributed by atoms with Crippen molar-refractivity contribution in [3.05, 3.63) is 65.0 Å². The highest BCUT2D eigenvalue weighted by molar-refractivity contribution is 5.52. The molecule has 2 aromatic rings. The number of rotatable bonds is 3. The minimum Gasteiger partial charge on any atom is -0.398 e. The van der Waals surface area contributed by atoms with E-state index in [9.17, 15) is 4.39 Å². The first-order valence-electron chi connectivity index (χ1n) is 6.56. The van der Waals surface area contributed by atoms with E-state index in [0.717, 1.165) is 37.3 Å². The van der Waals surface area contributed by atoms with Crippen molar-refractivity contribution in [3.63, 3.8) is 0 Å². The van der Waals surface area contributed by atoms with Gasteiger partial charge in [-0.05, 0) is 35.2 Å². The molecule has 3 rings (SSSR count). The highest BCUT2D eigenvalue weighted by Crippen LogP contribution is 2.27. The van der Waals surface area contributed by atoms with Crippen LogP contribution in [0.25, 0.3) is 0 Å². The largest absolute Gasteiger partial charge is 0.398 e. The van der Waals surface area contributed by atoms with Crippen molar-refractivity contribution in [3.8, 4) is 0 Å². The van der Waals surface area contributed by atoms with Crippen LogP contribution in [0.15, 0.2) is 42.5 Å². The van der Waals surface area contributed by atoms with E-state index in [0.29, 0.717) is 0 Å². The molecular weight excluding hydrogens is 239 g/mol. The number of anilines is 1. The molecule has 0 amide bonds. The first-order chi connectivity index (χ1) is 9.24. The van der Waals surface area contributed by atoms with E-state index >= 15 is 0 Å². The number of hydrogen-bond donors (Lipinski definition) is 1. The molecule has 19 heavy (non-hydrogen) atoms. The fourth-order valence-electron chi connectivity index (χ4n) is 2.65. The fraction of sp³-hybridized carbons (Fsp3) is 0.250. The summed E-state index contributed by atoms with van der Waals surface area (Å²) >= 11 is 0. The Morgan fingerprint density at radius 2 is 1.89 bits per heavy atom. The van der Waals surface area contributed by atoms with Crippen molar-refractivity contribution in [2.45, 2.75) is 19.5 Å². The molecule has 1 heterocycles. The maximum absolute atomic E-state index is 13.6. The third-order valence-corrected chi connectivity index (χ3v) is 3.74. The molecule has 2 aromatic carbocycles. The third kappa shape index (κ3) is 2.47. The van der Waals surface area contributed by atoms with Crippen LogP contribution in [0.5, 0.6) is 0 Å². The molecule has 0 aromatic heterocycles. The van der Waals surface area contributed by atoms with Gasteiger partial charge in [-0.2, -0.15) is 0 Å². The number of benzene rings is 2. The minimum absolute atomic E-state index is 0.112. The average molecular weight is 256 g/mol. The Bertz CT molecular complexity index is 595. The van der Waals surface area contributed by atoms with Crippen LogP contribution in [-0.2, 0) is 19.5 Å². The normalized spacial score (nSPS) is 14.6. The molecule has 0 radical (unpaired) electrons. The number of hydrogen-bond acceptors (Lipinski definition) is 2. The lowest BCUT2D eigenvalue weighted by Crippen LogP contribution is -2.19. The monoisotopic (exact) mass is 256 g/mol. The third-order valence-electron chi connectivity index (χ3n) is 3.74. The summed E-state index contributed by atoms with van der Waals surface area (Å²) in [6, 6.07) is 13.0. The van der Waals surface area contributed by atoms with Gasteiger partial charge in [-0.25, -0.2) is 4.39 Å². The summed E-state index contributed by atoms with van der Waals surface area (Å²) in [7, 11) is 0. The summed E-state index contributed by atoms with van der Waals surface area (Å²) in [6.45, 7) is 2.64. The smallest absolute Gasteiger partial charge is 0.126 e. The van der Waals surface area contributed by atoms with Crippen molar-refractivity contribution < 1.29 is 4.39 Å². The zero-order valence-electron chi connectivity index (χ0n) is 10.8. The summed E-state index contributed by atoms with van der Waals surface area (Å²) in [6.07, 6.45) is 0.737. The van der Waals surface area contributed by atoms with Crippen LogP contribution in [-0.4, -0.2) is 11.4 Å². The van der Waals surface area contributed by atoms with Crippen LogP contribution in [0.3, 0.4) is 0 Å². The van der Waals surface area contributed by atoms with Gasteiger partial charge in [0.05, 0.1) is 0 Å². The van der Waals surface area contributed by atoms with Crippen LogP contribution in [0.4, 0.5) is 10.1 Å². The Morgan fingerprint density at radius 3 is 2.68 bits per heavy atom. The van der Waals surface area contributed by atoms with E-state index in [2.05, 4.69) is 11.0 Å². The number of fused-ring (bicyclic) bond motifs is 1. The van der Waals surface area contributed by atoms with Gasteiger partial charge in [-0.15, -0.1) is 0 Å². The molecule has 0 aliphatic carbocycles. The van der Waals surface area contributed by atoms with Gasteiger partial charge in [0.2, 0.25) is 0 Å². The van der Waals surface area contributed by atoms with Crippen LogP contribution in [0.1, 0.15) is 16.7 Å². The molecule has 0 spiro atoms. The Kier molecular flexibility index (Phi) is 3.22. The number of halogens is 1. The standard InChI is InChI=1S/C16H17FN2/c17-15-6-2-1-4-12(15)8-9-19-10-13-5-3-7-16(18)14(13)11-19/h1-7H,8-11,18H2. The lowest BCUT2D eigenvalue weighted by molar-refractivity contribution is 0.287. The van der Waals surface area contributed by atoms with Crippen molar-refractivity contribution in [1.82, 2.24) is 4.90 Å². The lowest BCUT2D eigenvalue weighted by atomic mass is 10.1. The zero-order valence-corrected chi connectivity index (χ0v) is 10.8.